The van der Waals surface area contributed by atoms with Crippen LogP contribution in [0.3, 0.4) is 0 Å². The molecule has 0 spiro atoms. The summed E-state index contributed by atoms with van der Waals surface area (Å²) in [5.74, 6) is -0.140. The summed E-state index contributed by atoms with van der Waals surface area (Å²) in [6, 6.07) is -0.794. The smallest absolute Gasteiger partial charge is 0.241 e. The average Bonchev–Trinajstić information content (AvgIpc) is 2.61. The normalized spacial score (nSPS) is 24.3. The van der Waals surface area contributed by atoms with Crippen molar-refractivity contribution in [2.24, 2.45) is 5.41 Å². The van der Waals surface area contributed by atoms with E-state index in [1.54, 1.807) is 4.90 Å². The third-order valence-electron chi connectivity index (χ3n) is 2.98. The molecule has 2 unspecified atom stereocenters. The number of nitrogens with zero attached hydrogens (tertiary/aromatic N) is 1. The lowest BCUT2D eigenvalue weighted by molar-refractivity contribution is -0.136. The van der Waals surface area contributed by atoms with E-state index in [-0.39, 0.29) is 24.0 Å². The third-order valence-corrected chi connectivity index (χ3v) is 2.98. The molecule has 0 aromatic carbocycles. The first-order valence-electron chi connectivity index (χ1n) is 5.50. The lowest BCUT2D eigenvalue weighted by atomic mass is 9.86. The number of nitrogens with one attached hydrogen (secondary N) is 1. The first-order valence-corrected chi connectivity index (χ1v) is 5.50. The predicted molar refractivity (Wildman–Crippen MR) is 58.2 cm³/mol. The minimum absolute atomic E-state index is 0.0165. The van der Waals surface area contributed by atoms with E-state index in [1.807, 2.05) is 20.8 Å². The highest BCUT2D eigenvalue weighted by molar-refractivity contribution is 5.82. The average molecular weight is 213 g/mol. The molecule has 87 valence electrons. The number of aliphatic hydroxyl groups excluding tert-OH is 1. The summed E-state index contributed by atoms with van der Waals surface area (Å²) < 4.78 is 0. The highest BCUT2D eigenvalue weighted by Crippen LogP contribution is 2.24. The Labute approximate surface area is 91.4 Å². The Bertz CT molecular complexity index is 235. The van der Waals surface area contributed by atoms with Gasteiger partial charge in [-0.25, -0.2) is 5.73 Å². The fourth-order valence-electron chi connectivity index (χ4n) is 1.85. The van der Waals surface area contributed by atoms with Crippen molar-refractivity contribution < 1.29 is 9.90 Å². The van der Waals surface area contributed by atoms with Gasteiger partial charge < -0.3 is 10.0 Å². The molecular formula is C11H21N2O2. The summed E-state index contributed by atoms with van der Waals surface area (Å²) in [5, 5.41) is 9.11. The number of amides is 1. The Morgan fingerprint density at radius 2 is 2.20 bits per heavy atom. The maximum Gasteiger partial charge on any atom is 0.241 e. The lowest BCUT2D eigenvalue weighted by Gasteiger charge is -2.31. The van der Waals surface area contributed by atoms with Crippen LogP contribution in [0.15, 0.2) is 0 Å². The van der Waals surface area contributed by atoms with E-state index in [0.717, 1.165) is 12.8 Å². The Hall–Kier alpha value is -0.610. The SMILES string of the molecule is CC(C)(C)C([NH])C(=O)N1CCCC1CO. The van der Waals surface area contributed by atoms with Crippen LogP contribution < -0.4 is 5.73 Å². The second kappa shape index (κ2) is 4.49. The molecule has 1 aliphatic heterocycles. The number of hydrogen-bond donors (Lipinski definition) is 1. The fraction of sp³-hybridized carbons (Fsp3) is 0.909. The van der Waals surface area contributed by atoms with Gasteiger partial charge in [-0.3, -0.25) is 4.79 Å². The van der Waals surface area contributed by atoms with E-state index in [9.17, 15) is 4.79 Å². The molecule has 15 heavy (non-hydrogen) atoms. The van der Waals surface area contributed by atoms with Crippen molar-refractivity contribution in [2.45, 2.75) is 45.7 Å². The van der Waals surface area contributed by atoms with Crippen LogP contribution in [0.1, 0.15) is 33.6 Å². The summed E-state index contributed by atoms with van der Waals surface area (Å²) in [5.41, 5.74) is 7.55. The zero-order valence-corrected chi connectivity index (χ0v) is 9.79. The molecule has 4 nitrogen and oxygen atoms in total. The molecule has 1 aliphatic rings. The van der Waals surface area contributed by atoms with Crippen LogP contribution in [-0.2, 0) is 4.79 Å². The lowest BCUT2D eigenvalue weighted by Crippen LogP contribution is -2.48. The Morgan fingerprint density at radius 1 is 1.60 bits per heavy atom. The van der Waals surface area contributed by atoms with Gasteiger partial charge in [0, 0.05) is 6.54 Å². The van der Waals surface area contributed by atoms with Gasteiger partial charge in [-0.1, -0.05) is 20.8 Å². The number of aliphatic hydroxyl groups is 1. The minimum Gasteiger partial charge on any atom is -0.394 e. The molecule has 0 aromatic heterocycles. The first-order chi connectivity index (χ1) is 6.88. The molecule has 1 rings (SSSR count). The summed E-state index contributed by atoms with van der Waals surface area (Å²) in [4.78, 5) is 13.7. The minimum atomic E-state index is -0.732. The third kappa shape index (κ3) is 2.69. The highest BCUT2D eigenvalue weighted by atomic mass is 16.3. The zero-order valence-electron chi connectivity index (χ0n) is 9.79. The number of hydrogen-bond acceptors (Lipinski definition) is 2. The molecule has 0 bridgehead atoms. The van der Waals surface area contributed by atoms with Gasteiger partial charge in [0.1, 0.15) is 6.04 Å². The zero-order chi connectivity index (χ0) is 11.6. The second-order valence-electron chi connectivity index (χ2n) is 5.31. The Balaban J connectivity index is 2.68. The van der Waals surface area contributed by atoms with Crippen molar-refractivity contribution in [1.29, 1.82) is 0 Å². The van der Waals surface area contributed by atoms with E-state index < -0.39 is 6.04 Å². The summed E-state index contributed by atoms with van der Waals surface area (Å²) in [6.45, 7) is 6.39. The standard InChI is InChI=1S/C11H21N2O2/c1-11(2,3)9(12)10(15)13-6-4-5-8(13)7-14/h8-9,12,14H,4-7H2,1-3H3. The second-order valence-corrected chi connectivity index (χ2v) is 5.31. The molecule has 0 aliphatic carbocycles. The van der Waals surface area contributed by atoms with E-state index >= 15 is 0 Å². The largest absolute Gasteiger partial charge is 0.394 e. The molecule has 2 atom stereocenters. The van der Waals surface area contributed by atoms with E-state index in [1.165, 1.54) is 0 Å². The Morgan fingerprint density at radius 3 is 2.67 bits per heavy atom. The molecule has 2 N–H and O–H groups in total. The van der Waals surface area contributed by atoms with Gasteiger partial charge in [-0.15, -0.1) is 0 Å². The number of rotatable bonds is 2. The predicted octanol–water partition coefficient (Wildman–Crippen LogP) is 0.667. The van der Waals surface area contributed by atoms with E-state index in [0.29, 0.717) is 6.54 Å². The van der Waals surface area contributed by atoms with Gasteiger partial charge in [-0.05, 0) is 18.3 Å². The van der Waals surface area contributed by atoms with Gasteiger partial charge in [0.05, 0.1) is 12.6 Å². The van der Waals surface area contributed by atoms with Crippen LogP contribution in [0.2, 0.25) is 0 Å². The van der Waals surface area contributed by atoms with E-state index in [2.05, 4.69) is 0 Å². The van der Waals surface area contributed by atoms with Crippen LogP contribution in [-0.4, -0.2) is 41.1 Å². The van der Waals surface area contributed by atoms with Gasteiger partial charge in [0.25, 0.3) is 0 Å². The topological polar surface area (TPSA) is 64.3 Å². The maximum atomic E-state index is 12.0. The molecule has 1 fully saturated rings. The molecule has 0 saturated carbocycles. The van der Waals surface area contributed by atoms with E-state index in [4.69, 9.17) is 10.8 Å². The molecule has 0 aromatic rings. The molecule has 1 heterocycles. The number of carbonyl (C=O) groups excluding carboxylic acids is 1. The number of likely N-dealkylation sites (tertiary alicyclic amines) is 1. The monoisotopic (exact) mass is 213 g/mol. The van der Waals surface area contributed by atoms with Crippen LogP contribution >= 0.6 is 0 Å². The Kier molecular flexibility index (Phi) is 3.73. The van der Waals surface area contributed by atoms with Gasteiger partial charge in [-0.2, -0.15) is 0 Å². The van der Waals surface area contributed by atoms with Crippen LogP contribution in [0.5, 0.6) is 0 Å². The van der Waals surface area contributed by atoms with Gasteiger partial charge >= 0.3 is 0 Å². The van der Waals surface area contributed by atoms with Crippen molar-refractivity contribution in [2.75, 3.05) is 13.2 Å². The van der Waals surface area contributed by atoms with Gasteiger partial charge in [0.2, 0.25) is 5.91 Å². The van der Waals surface area contributed by atoms with Crippen molar-refractivity contribution in [3.63, 3.8) is 0 Å². The van der Waals surface area contributed by atoms with Crippen molar-refractivity contribution in [3.05, 3.63) is 0 Å². The summed E-state index contributed by atoms with van der Waals surface area (Å²) in [6.07, 6.45) is 1.80. The maximum absolute atomic E-state index is 12.0. The van der Waals surface area contributed by atoms with Crippen LogP contribution in [0.25, 0.3) is 0 Å². The van der Waals surface area contributed by atoms with Gasteiger partial charge in [0.15, 0.2) is 0 Å². The summed E-state index contributed by atoms with van der Waals surface area (Å²) in [7, 11) is 0. The van der Waals surface area contributed by atoms with Crippen molar-refractivity contribution in [1.82, 2.24) is 10.6 Å². The summed E-state index contributed by atoms with van der Waals surface area (Å²) >= 11 is 0. The molecule has 4 heteroatoms. The van der Waals surface area contributed by atoms with Crippen LogP contribution in [0.4, 0.5) is 0 Å². The molecule has 1 saturated heterocycles. The first kappa shape index (κ1) is 12.5. The van der Waals surface area contributed by atoms with Crippen LogP contribution in [0, 0.1) is 5.41 Å². The van der Waals surface area contributed by atoms with Crippen molar-refractivity contribution in [3.8, 4) is 0 Å². The molecular weight excluding hydrogens is 192 g/mol. The highest BCUT2D eigenvalue weighted by Gasteiger charge is 2.36. The fourth-order valence-corrected chi connectivity index (χ4v) is 1.85. The quantitative estimate of drug-likeness (QED) is 0.732. The number of carbonyl (C=O) groups is 1. The van der Waals surface area contributed by atoms with Crippen molar-refractivity contribution >= 4 is 5.91 Å². The molecule has 1 amide bonds. The molecule has 1 radical (unpaired) electrons.